The number of hydrogen-bond acceptors (Lipinski definition) is 1. The number of hydrogen-bond donors (Lipinski definition) is 0. The third kappa shape index (κ3) is 2.28. The standard InChI is InChI=1S/C7H7O.ClH.Zn/c1-8-7-5-3-2-4-6-7;;/h2-5H,1H3;1H;/q;;+1/p-1. The van der Waals surface area contributed by atoms with Crippen LogP contribution in [0.5, 0.6) is 5.75 Å². The zero-order chi connectivity index (χ0) is 6.69. The van der Waals surface area contributed by atoms with Crippen molar-refractivity contribution in [3.63, 3.8) is 0 Å². The smallest absolute Gasteiger partial charge is 1.00 e. The van der Waals surface area contributed by atoms with E-state index in [1.54, 1.807) is 7.11 Å². The molecule has 0 unspecified atom stereocenters. The molecule has 0 amide bonds. The summed E-state index contributed by atoms with van der Waals surface area (Å²) in [5, 5.41) is 0. The molecule has 0 aliphatic rings. The van der Waals surface area contributed by atoms with Crippen LogP contribution >= 0.6 is 0 Å². The van der Waals surface area contributed by atoms with Crippen LogP contribution in [0.15, 0.2) is 24.3 Å². The van der Waals surface area contributed by atoms with Crippen molar-refractivity contribution in [2.24, 2.45) is 0 Å². The molecule has 0 saturated heterocycles. The van der Waals surface area contributed by atoms with Gasteiger partial charge in [-0.1, -0.05) is 0 Å². The van der Waals surface area contributed by atoms with E-state index in [1.165, 1.54) is 4.16 Å². The summed E-state index contributed by atoms with van der Waals surface area (Å²) in [5.74, 6) is 1.01. The van der Waals surface area contributed by atoms with Crippen LogP contribution in [0.2, 0.25) is 0 Å². The average Bonchev–Trinajstić information content (AvgIpc) is 1.89. The first-order valence-corrected chi connectivity index (χ1v) is 4.28. The van der Waals surface area contributed by atoms with Gasteiger partial charge in [0.2, 0.25) is 0 Å². The minimum atomic E-state index is 0. The van der Waals surface area contributed by atoms with Crippen molar-refractivity contribution in [3.8, 4) is 5.75 Å². The fourth-order valence-corrected chi connectivity index (χ4v) is 1.54. The quantitative estimate of drug-likeness (QED) is 0.479. The summed E-state index contributed by atoms with van der Waals surface area (Å²) in [6, 6.07) is 8.08. The largest absolute Gasteiger partial charge is 1.00 e. The Balaban J connectivity index is 0.000000810. The summed E-state index contributed by atoms with van der Waals surface area (Å²) < 4.78 is 6.38. The molecule has 0 N–H and O–H groups in total. The van der Waals surface area contributed by atoms with Crippen molar-refractivity contribution in [2.45, 2.75) is 0 Å². The molecule has 0 heterocycles. The molecule has 0 radical (unpaired) electrons. The molecule has 50 valence electrons. The van der Waals surface area contributed by atoms with Gasteiger partial charge < -0.3 is 12.4 Å². The monoisotopic (exact) mass is 206 g/mol. The number of halogens is 1. The molecule has 1 rings (SSSR count). The first kappa shape index (κ1) is 9.93. The molecule has 0 saturated carbocycles. The summed E-state index contributed by atoms with van der Waals surface area (Å²) in [5.41, 5.74) is 0. The zero-order valence-electron chi connectivity index (χ0n) is 5.80. The van der Waals surface area contributed by atoms with Crippen molar-refractivity contribution >= 4 is 4.16 Å². The molecule has 0 bridgehead atoms. The van der Waals surface area contributed by atoms with E-state index in [2.05, 4.69) is 6.07 Å². The van der Waals surface area contributed by atoms with Crippen LogP contribution in [0, 0.1) is 0 Å². The molecule has 0 atom stereocenters. The second-order valence-corrected chi connectivity index (χ2v) is 3.41. The Kier molecular flexibility index (Phi) is 4.67. The Labute approximate surface area is 76.9 Å². The SMILES string of the molecule is COc1cccc[c]1[Zn+].[Cl-]. The van der Waals surface area contributed by atoms with Gasteiger partial charge in [-0.2, -0.15) is 0 Å². The molecule has 0 aliphatic carbocycles. The van der Waals surface area contributed by atoms with Crippen LogP contribution in [0.25, 0.3) is 0 Å². The summed E-state index contributed by atoms with van der Waals surface area (Å²) in [6.07, 6.45) is 0. The van der Waals surface area contributed by atoms with Crippen molar-refractivity contribution in [1.29, 1.82) is 0 Å². The van der Waals surface area contributed by atoms with Gasteiger partial charge in [-0.05, 0) is 0 Å². The van der Waals surface area contributed by atoms with E-state index in [1.807, 2.05) is 18.2 Å². The van der Waals surface area contributed by atoms with Gasteiger partial charge in [-0.3, -0.25) is 0 Å². The minimum absolute atomic E-state index is 0. The summed E-state index contributed by atoms with van der Waals surface area (Å²) >= 11 is 1.16. The first-order valence-electron chi connectivity index (χ1n) is 2.79. The fraction of sp³-hybridized carbons (Fsp3) is 0.143. The Morgan fingerprint density at radius 3 is 2.30 bits per heavy atom. The van der Waals surface area contributed by atoms with Gasteiger partial charge >= 0.3 is 64.3 Å². The van der Waals surface area contributed by atoms with Crippen molar-refractivity contribution in [3.05, 3.63) is 24.3 Å². The van der Waals surface area contributed by atoms with Crippen LogP contribution < -0.4 is 21.3 Å². The normalized spacial score (nSPS) is 8.30. The predicted octanol–water partition coefficient (Wildman–Crippen LogP) is -2.13. The summed E-state index contributed by atoms with van der Waals surface area (Å²) in [6.45, 7) is 0. The van der Waals surface area contributed by atoms with Crippen LogP contribution in [-0.2, 0) is 18.3 Å². The van der Waals surface area contributed by atoms with Gasteiger partial charge in [0.25, 0.3) is 0 Å². The molecule has 0 fully saturated rings. The van der Waals surface area contributed by atoms with E-state index in [0.29, 0.717) is 0 Å². The Morgan fingerprint density at radius 1 is 1.30 bits per heavy atom. The van der Waals surface area contributed by atoms with Gasteiger partial charge in [0.15, 0.2) is 0 Å². The van der Waals surface area contributed by atoms with E-state index < -0.39 is 0 Å². The van der Waals surface area contributed by atoms with Gasteiger partial charge in [-0.25, -0.2) is 0 Å². The molecule has 1 nitrogen and oxygen atoms in total. The van der Waals surface area contributed by atoms with Crippen molar-refractivity contribution in [1.82, 2.24) is 0 Å². The topological polar surface area (TPSA) is 9.23 Å². The zero-order valence-corrected chi connectivity index (χ0v) is 9.53. The van der Waals surface area contributed by atoms with Crippen LogP contribution in [0.1, 0.15) is 0 Å². The van der Waals surface area contributed by atoms with Gasteiger partial charge in [0.1, 0.15) is 0 Å². The average molecular weight is 208 g/mol. The van der Waals surface area contributed by atoms with E-state index in [-0.39, 0.29) is 12.4 Å². The van der Waals surface area contributed by atoms with Gasteiger partial charge in [0, 0.05) is 0 Å². The van der Waals surface area contributed by atoms with Crippen LogP contribution in [0.4, 0.5) is 0 Å². The fourth-order valence-electron chi connectivity index (χ4n) is 0.703. The van der Waals surface area contributed by atoms with E-state index in [9.17, 15) is 0 Å². The van der Waals surface area contributed by atoms with Gasteiger partial charge in [-0.15, -0.1) is 0 Å². The second-order valence-electron chi connectivity index (χ2n) is 1.81. The number of ether oxygens (including phenoxy) is 1. The molecule has 1 aromatic carbocycles. The van der Waals surface area contributed by atoms with Crippen molar-refractivity contribution in [2.75, 3.05) is 7.11 Å². The molecule has 0 spiro atoms. The third-order valence-electron chi connectivity index (χ3n) is 1.19. The third-order valence-corrected chi connectivity index (χ3v) is 2.42. The maximum Gasteiger partial charge on any atom is -1.00 e. The van der Waals surface area contributed by atoms with Crippen LogP contribution in [-0.4, -0.2) is 7.11 Å². The second kappa shape index (κ2) is 4.70. The number of benzene rings is 1. The molecule has 3 heteroatoms. The summed E-state index contributed by atoms with van der Waals surface area (Å²) in [4.78, 5) is 0. The predicted molar refractivity (Wildman–Crippen MR) is 32.6 cm³/mol. The summed E-state index contributed by atoms with van der Waals surface area (Å²) in [7, 11) is 1.70. The molecule has 1 aromatic rings. The minimum Gasteiger partial charge on any atom is -1.00 e. The Morgan fingerprint density at radius 2 is 1.90 bits per heavy atom. The maximum absolute atomic E-state index is 5.08. The van der Waals surface area contributed by atoms with Gasteiger partial charge in [0.05, 0.1) is 0 Å². The number of methoxy groups -OCH3 is 1. The van der Waals surface area contributed by atoms with Crippen molar-refractivity contribution < 1.29 is 35.4 Å². The van der Waals surface area contributed by atoms with E-state index >= 15 is 0 Å². The van der Waals surface area contributed by atoms with E-state index in [0.717, 1.165) is 24.1 Å². The maximum atomic E-state index is 5.08. The molecular formula is C7H7ClOZn. The molecule has 0 aromatic heterocycles. The number of rotatable bonds is 1. The number of para-hydroxylation sites is 1. The Hall–Kier alpha value is -0.0666. The van der Waals surface area contributed by atoms with E-state index in [4.69, 9.17) is 4.74 Å². The molecular weight excluding hydrogens is 201 g/mol. The first-order chi connectivity index (χ1) is 4.34. The molecule has 0 aliphatic heterocycles. The van der Waals surface area contributed by atoms with Crippen LogP contribution in [0.3, 0.4) is 0 Å². The molecule has 10 heavy (non-hydrogen) atoms. The Bertz CT molecular complexity index is 203.